The molecule has 0 bridgehead atoms. The summed E-state index contributed by atoms with van der Waals surface area (Å²) in [6, 6.07) is 0. The van der Waals surface area contributed by atoms with E-state index in [-0.39, 0.29) is 0 Å². The van der Waals surface area contributed by atoms with Crippen LogP contribution >= 0.6 is 0 Å². The van der Waals surface area contributed by atoms with E-state index in [1.165, 1.54) is 33.4 Å². The van der Waals surface area contributed by atoms with Crippen molar-refractivity contribution < 1.29 is 4.74 Å². The first-order valence-corrected chi connectivity index (χ1v) is 6.76. The molecule has 1 aromatic carbocycles. The lowest BCUT2D eigenvalue weighted by Crippen LogP contribution is -2.08. The van der Waals surface area contributed by atoms with Crippen molar-refractivity contribution in [1.82, 2.24) is 0 Å². The van der Waals surface area contributed by atoms with Crippen molar-refractivity contribution in [2.24, 2.45) is 0 Å². The van der Waals surface area contributed by atoms with Gasteiger partial charge >= 0.3 is 0 Å². The van der Waals surface area contributed by atoms with Gasteiger partial charge < -0.3 is 4.74 Å². The molecule has 0 N–H and O–H groups in total. The molecule has 17 heavy (non-hydrogen) atoms. The van der Waals surface area contributed by atoms with E-state index in [9.17, 15) is 0 Å². The average molecular weight is 234 g/mol. The van der Waals surface area contributed by atoms with Crippen molar-refractivity contribution in [2.45, 2.75) is 61.0 Å². The molecule has 0 aliphatic rings. The molecule has 0 atom stereocenters. The minimum Gasteiger partial charge on any atom is -0.377 e. The van der Waals surface area contributed by atoms with Crippen LogP contribution in [0.4, 0.5) is 0 Å². The number of hydrogen-bond acceptors (Lipinski definition) is 1. The summed E-state index contributed by atoms with van der Waals surface area (Å²) in [5.41, 5.74) is 8.81. The fourth-order valence-corrected chi connectivity index (χ4v) is 2.87. The lowest BCUT2D eigenvalue weighted by atomic mass is 9.86. The predicted octanol–water partition coefficient (Wildman–Crippen LogP) is 4.27. The normalized spacial score (nSPS) is 10.9. The summed E-state index contributed by atoms with van der Waals surface area (Å²) >= 11 is 0. The third-order valence-corrected chi connectivity index (χ3v) is 3.87. The van der Waals surface area contributed by atoms with Gasteiger partial charge in [-0.1, -0.05) is 13.8 Å². The van der Waals surface area contributed by atoms with Gasteiger partial charge in [-0.15, -0.1) is 0 Å². The van der Waals surface area contributed by atoms with Gasteiger partial charge in [-0.05, 0) is 73.9 Å². The summed E-state index contributed by atoms with van der Waals surface area (Å²) in [5.74, 6) is 0. The van der Waals surface area contributed by atoms with Crippen LogP contribution in [0.1, 0.15) is 54.2 Å². The topological polar surface area (TPSA) is 9.23 Å². The maximum atomic E-state index is 5.62. The van der Waals surface area contributed by atoms with E-state index in [2.05, 4.69) is 41.5 Å². The van der Waals surface area contributed by atoms with Crippen molar-refractivity contribution in [3.63, 3.8) is 0 Å². The fourth-order valence-electron chi connectivity index (χ4n) is 2.87. The molecule has 1 aromatic rings. The zero-order valence-corrected chi connectivity index (χ0v) is 12.2. The Morgan fingerprint density at radius 1 is 0.706 bits per heavy atom. The monoisotopic (exact) mass is 234 g/mol. The summed E-state index contributed by atoms with van der Waals surface area (Å²) < 4.78 is 5.62. The van der Waals surface area contributed by atoms with Crippen LogP contribution in [0, 0.1) is 20.8 Å². The number of benzene rings is 1. The van der Waals surface area contributed by atoms with Gasteiger partial charge in [0, 0.05) is 6.61 Å². The fraction of sp³-hybridized carbons (Fsp3) is 0.625. The molecule has 0 aliphatic heterocycles. The lowest BCUT2D eigenvalue weighted by molar-refractivity contribution is 0.133. The molecule has 0 aliphatic carbocycles. The Hall–Kier alpha value is -0.820. The van der Waals surface area contributed by atoms with Crippen LogP contribution in [-0.4, -0.2) is 6.61 Å². The molecule has 0 heterocycles. The third kappa shape index (κ3) is 2.71. The van der Waals surface area contributed by atoms with Crippen LogP contribution in [0.25, 0.3) is 0 Å². The van der Waals surface area contributed by atoms with Gasteiger partial charge in [-0.25, -0.2) is 0 Å². The minimum atomic E-state index is 0.758. The predicted molar refractivity (Wildman–Crippen MR) is 74.7 cm³/mol. The summed E-state index contributed by atoms with van der Waals surface area (Å²) in [6.07, 6.45) is 2.23. The number of hydrogen-bond donors (Lipinski definition) is 0. The van der Waals surface area contributed by atoms with Crippen LogP contribution in [0.5, 0.6) is 0 Å². The van der Waals surface area contributed by atoms with Crippen LogP contribution in [0.15, 0.2) is 0 Å². The Morgan fingerprint density at radius 2 is 1.12 bits per heavy atom. The molecular formula is C16H26O. The number of rotatable bonds is 5. The van der Waals surface area contributed by atoms with Crippen molar-refractivity contribution in [3.8, 4) is 0 Å². The lowest BCUT2D eigenvalue weighted by Gasteiger charge is -2.21. The van der Waals surface area contributed by atoms with E-state index in [1.54, 1.807) is 0 Å². The third-order valence-electron chi connectivity index (χ3n) is 3.87. The van der Waals surface area contributed by atoms with Gasteiger partial charge in [0.2, 0.25) is 0 Å². The second-order valence-electron chi connectivity index (χ2n) is 4.65. The van der Waals surface area contributed by atoms with Crippen molar-refractivity contribution in [2.75, 3.05) is 6.61 Å². The van der Waals surface area contributed by atoms with Gasteiger partial charge in [0.1, 0.15) is 0 Å². The highest BCUT2D eigenvalue weighted by Gasteiger charge is 2.14. The molecule has 0 spiro atoms. The van der Waals surface area contributed by atoms with E-state index >= 15 is 0 Å². The Balaban J connectivity index is 3.37. The van der Waals surface area contributed by atoms with E-state index in [0.717, 1.165) is 26.1 Å². The zero-order chi connectivity index (χ0) is 13.0. The molecule has 0 saturated carbocycles. The summed E-state index contributed by atoms with van der Waals surface area (Å²) in [7, 11) is 0. The van der Waals surface area contributed by atoms with Crippen LogP contribution in [-0.2, 0) is 24.2 Å². The first kappa shape index (κ1) is 14.2. The highest BCUT2D eigenvalue weighted by Crippen LogP contribution is 2.28. The summed E-state index contributed by atoms with van der Waals surface area (Å²) in [5, 5.41) is 0. The summed E-state index contributed by atoms with van der Waals surface area (Å²) in [6.45, 7) is 14.8. The summed E-state index contributed by atoms with van der Waals surface area (Å²) in [4.78, 5) is 0. The quantitative estimate of drug-likeness (QED) is 0.739. The smallest absolute Gasteiger partial charge is 0.0722 e. The second kappa shape index (κ2) is 6.20. The standard InChI is InChI=1S/C16H26O/c1-7-14-11(4)15(8-2)13(6)16(12(14)5)10-17-9-3/h7-10H2,1-6H3. The van der Waals surface area contributed by atoms with Crippen molar-refractivity contribution in [1.29, 1.82) is 0 Å². The van der Waals surface area contributed by atoms with Crippen LogP contribution in [0.2, 0.25) is 0 Å². The minimum absolute atomic E-state index is 0.758. The van der Waals surface area contributed by atoms with E-state index in [4.69, 9.17) is 4.74 Å². The maximum Gasteiger partial charge on any atom is 0.0722 e. The van der Waals surface area contributed by atoms with Crippen LogP contribution in [0.3, 0.4) is 0 Å². The van der Waals surface area contributed by atoms with Crippen molar-refractivity contribution >= 4 is 0 Å². The van der Waals surface area contributed by atoms with Gasteiger partial charge in [0.05, 0.1) is 6.61 Å². The van der Waals surface area contributed by atoms with E-state index in [1.807, 2.05) is 0 Å². The molecule has 0 saturated heterocycles. The van der Waals surface area contributed by atoms with E-state index in [0.29, 0.717) is 0 Å². The maximum absolute atomic E-state index is 5.62. The zero-order valence-electron chi connectivity index (χ0n) is 12.2. The molecule has 0 unspecified atom stereocenters. The number of ether oxygens (including phenoxy) is 1. The highest BCUT2D eigenvalue weighted by atomic mass is 16.5. The molecule has 1 heteroatoms. The molecule has 1 nitrogen and oxygen atoms in total. The Labute approximate surface area is 106 Å². The van der Waals surface area contributed by atoms with Gasteiger partial charge in [-0.3, -0.25) is 0 Å². The first-order chi connectivity index (χ1) is 8.08. The molecule has 0 aromatic heterocycles. The first-order valence-electron chi connectivity index (χ1n) is 6.76. The highest BCUT2D eigenvalue weighted by molar-refractivity contribution is 5.50. The molecule has 0 radical (unpaired) electrons. The second-order valence-corrected chi connectivity index (χ2v) is 4.65. The van der Waals surface area contributed by atoms with Crippen LogP contribution < -0.4 is 0 Å². The van der Waals surface area contributed by atoms with Gasteiger partial charge in [0.25, 0.3) is 0 Å². The average Bonchev–Trinajstić information content (AvgIpc) is 2.30. The van der Waals surface area contributed by atoms with Gasteiger partial charge in [0.15, 0.2) is 0 Å². The molecule has 0 amide bonds. The Bertz CT molecular complexity index is 360. The van der Waals surface area contributed by atoms with E-state index < -0.39 is 0 Å². The molecule has 1 rings (SSSR count). The Morgan fingerprint density at radius 3 is 1.47 bits per heavy atom. The Kier molecular flexibility index (Phi) is 5.20. The molecular weight excluding hydrogens is 208 g/mol. The van der Waals surface area contributed by atoms with Gasteiger partial charge in [-0.2, -0.15) is 0 Å². The molecule has 0 fully saturated rings. The molecule has 96 valence electrons. The van der Waals surface area contributed by atoms with Crippen molar-refractivity contribution in [3.05, 3.63) is 33.4 Å². The SMILES string of the molecule is CCOCc1c(C)c(CC)c(C)c(CC)c1C. The largest absolute Gasteiger partial charge is 0.377 e.